The van der Waals surface area contributed by atoms with Crippen LogP contribution in [-0.2, 0) is 6.42 Å². The zero-order valence-electron chi connectivity index (χ0n) is 12.5. The number of hydrogen-bond acceptors (Lipinski definition) is 3. The molecule has 1 heterocycles. The number of nitrogens with zero attached hydrogens (tertiary/aromatic N) is 1. The number of nitrogens with one attached hydrogen (secondary N) is 1. The van der Waals surface area contributed by atoms with Gasteiger partial charge in [-0.25, -0.2) is 9.37 Å². The summed E-state index contributed by atoms with van der Waals surface area (Å²) in [5, 5.41) is 4.49. The van der Waals surface area contributed by atoms with Crippen LogP contribution < -0.4 is 5.32 Å². The van der Waals surface area contributed by atoms with Crippen LogP contribution in [0.15, 0.2) is 22.7 Å². The van der Waals surface area contributed by atoms with Crippen LogP contribution in [0.3, 0.4) is 0 Å². The minimum Gasteiger partial charge on any atom is -0.304 e. The van der Waals surface area contributed by atoms with E-state index in [0.29, 0.717) is 4.47 Å². The van der Waals surface area contributed by atoms with Gasteiger partial charge in [-0.1, -0.05) is 19.9 Å². The maximum atomic E-state index is 13.8. The van der Waals surface area contributed by atoms with Crippen molar-refractivity contribution < 1.29 is 4.39 Å². The molecule has 0 amide bonds. The second kappa shape index (κ2) is 7.47. The first-order valence-corrected chi connectivity index (χ1v) is 8.82. The summed E-state index contributed by atoms with van der Waals surface area (Å²) in [6, 6.07) is 5.24. The van der Waals surface area contributed by atoms with Gasteiger partial charge in [0.25, 0.3) is 0 Å². The van der Waals surface area contributed by atoms with Crippen molar-refractivity contribution in [2.24, 2.45) is 0 Å². The van der Waals surface area contributed by atoms with Gasteiger partial charge in [0.1, 0.15) is 10.8 Å². The molecule has 21 heavy (non-hydrogen) atoms. The highest BCUT2D eigenvalue weighted by molar-refractivity contribution is 9.10. The number of halogens is 2. The summed E-state index contributed by atoms with van der Waals surface area (Å²) < 4.78 is 14.3. The highest BCUT2D eigenvalue weighted by Crippen LogP contribution is 2.30. The van der Waals surface area contributed by atoms with Gasteiger partial charge < -0.3 is 5.32 Å². The van der Waals surface area contributed by atoms with E-state index in [4.69, 9.17) is 4.98 Å². The molecule has 0 aliphatic heterocycles. The van der Waals surface area contributed by atoms with Crippen LogP contribution in [0.5, 0.6) is 0 Å². The van der Waals surface area contributed by atoms with Crippen LogP contribution in [0.25, 0.3) is 0 Å². The Morgan fingerprint density at radius 2 is 2.14 bits per heavy atom. The van der Waals surface area contributed by atoms with E-state index in [0.717, 1.165) is 35.7 Å². The maximum Gasteiger partial charge on any atom is 0.137 e. The minimum atomic E-state index is -0.236. The van der Waals surface area contributed by atoms with E-state index >= 15 is 0 Å². The Bertz CT molecular complexity index is 612. The van der Waals surface area contributed by atoms with Gasteiger partial charge >= 0.3 is 0 Å². The molecule has 2 nitrogen and oxygen atoms in total. The summed E-state index contributed by atoms with van der Waals surface area (Å²) in [5.74, 6) is -0.236. The predicted molar refractivity (Wildman–Crippen MR) is 90.5 cm³/mol. The van der Waals surface area contributed by atoms with Crippen molar-refractivity contribution in [2.75, 3.05) is 6.54 Å². The van der Waals surface area contributed by atoms with E-state index in [1.54, 1.807) is 23.5 Å². The quantitative estimate of drug-likeness (QED) is 0.773. The second-order valence-electron chi connectivity index (χ2n) is 4.97. The Kier molecular flexibility index (Phi) is 5.90. The summed E-state index contributed by atoms with van der Waals surface area (Å²) in [6.07, 6.45) is 1.96. The Labute approximate surface area is 137 Å². The minimum absolute atomic E-state index is 0.0449. The van der Waals surface area contributed by atoms with Crippen LogP contribution in [0.4, 0.5) is 4.39 Å². The molecule has 1 atom stereocenters. The molecule has 0 saturated heterocycles. The fraction of sp³-hybridized carbons (Fsp3) is 0.438. The summed E-state index contributed by atoms with van der Waals surface area (Å²) in [6.45, 7) is 7.21. The van der Waals surface area contributed by atoms with Crippen molar-refractivity contribution in [2.45, 2.75) is 39.7 Å². The fourth-order valence-corrected chi connectivity index (χ4v) is 3.59. The molecule has 2 aromatic rings. The molecule has 0 spiro atoms. The first kappa shape index (κ1) is 16.6. The lowest BCUT2D eigenvalue weighted by atomic mass is 10.1. The third-order valence-corrected chi connectivity index (χ3v) is 5.09. The van der Waals surface area contributed by atoms with Gasteiger partial charge in [-0.3, -0.25) is 0 Å². The molecule has 0 fully saturated rings. The third-order valence-electron chi connectivity index (χ3n) is 3.37. The van der Waals surface area contributed by atoms with Crippen LogP contribution in [0.1, 0.15) is 47.5 Å². The van der Waals surface area contributed by atoms with Crippen LogP contribution in [0.2, 0.25) is 0 Å². The smallest absolute Gasteiger partial charge is 0.137 e. The van der Waals surface area contributed by atoms with Gasteiger partial charge in [-0.2, -0.15) is 0 Å². The van der Waals surface area contributed by atoms with Crippen molar-refractivity contribution in [1.82, 2.24) is 10.3 Å². The number of benzene rings is 1. The molecule has 114 valence electrons. The normalized spacial score (nSPS) is 12.6. The van der Waals surface area contributed by atoms with Crippen LogP contribution in [0, 0.1) is 12.7 Å². The lowest BCUT2D eigenvalue weighted by Crippen LogP contribution is -2.23. The van der Waals surface area contributed by atoms with Crippen molar-refractivity contribution in [3.8, 4) is 0 Å². The monoisotopic (exact) mass is 370 g/mol. The molecular weight excluding hydrogens is 351 g/mol. The maximum absolute atomic E-state index is 13.8. The molecule has 0 aliphatic carbocycles. The summed E-state index contributed by atoms with van der Waals surface area (Å²) in [5.41, 5.74) is 2.05. The molecule has 5 heteroatoms. The molecule has 0 bridgehead atoms. The zero-order chi connectivity index (χ0) is 15.4. The Morgan fingerprint density at radius 3 is 2.71 bits per heavy atom. The first-order chi connectivity index (χ1) is 10.1. The van der Waals surface area contributed by atoms with Crippen molar-refractivity contribution >= 4 is 27.3 Å². The Balaban J connectivity index is 2.38. The van der Waals surface area contributed by atoms with Gasteiger partial charge in [0.2, 0.25) is 0 Å². The highest BCUT2D eigenvalue weighted by atomic mass is 79.9. The van der Waals surface area contributed by atoms with Crippen molar-refractivity contribution in [3.63, 3.8) is 0 Å². The fourth-order valence-electron chi connectivity index (χ4n) is 2.23. The van der Waals surface area contributed by atoms with Gasteiger partial charge in [-0.05, 0) is 59.9 Å². The number of hydrogen-bond donors (Lipinski definition) is 1. The predicted octanol–water partition coefficient (Wildman–Crippen LogP) is 5.00. The number of aryl methyl sites for hydroxylation is 2. The molecule has 0 aliphatic rings. The average Bonchev–Trinajstić information content (AvgIpc) is 2.84. The van der Waals surface area contributed by atoms with E-state index in [9.17, 15) is 4.39 Å². The average molecular weight is 371 g/mol. The van der Waals surface area contributed by atoms with E-state index in [1.807, 2.05) is 6.07 Å². The number of rotatable bonds is 6. The van der Waals surface area contributed by atoms with Gasteiger partial charge in [0, 0.05) is 4.88 Å². The molecule has 1 aromatic heterocycles. The first-order valence-electron chi connectivity index (χ1n) is 7.21. The Morgan fingerprint density at radius 1 is 1.38 bits per heavy atom. The van der Waals surface area contributed by atoms with Crippen LogP contribution in [-0.4, -0.2) is 11.5 Å². The molecule has 1 unspecified atom stereocenters. The largest absolute Gasteiger partial charge is 0.304 e. The molecule has 1 aromatic carbocycles. The zero-order valence-corrected chi connectivity index (χ0v) is 14.9. The topological polar surface area (TPSA) is 24.9 Å². The number of aromatic nitrogens is 1. The molecule has 0 saturated carbocycles. The summed E-state index contributed by atoms with van der Waals surface area (Å²) >= 11 is 4.90. The molecule has 2 rings (SSSR count). The van der Waals surface area contributed by atoms with Crippen LogP contribution >= 0.6 is 27.3 Å². The van der Waals surface area contributed by atoms with Crippen molar-refractivity contribution in [3.05, 3.63) is 49.6 Å². The van der Waals surface area contributed by atoms with Gasteiger partial charge in [0.15, 0.2) is 0 Å². The van der Waals surface area contributed by atoms with E-state index < -0.39 is 0 Å². The van der Waals surface area contributed by atoms with E-state index in [-0.39, 0.29) is 11.9 Å². The third kappa shape index (κ3) is 3.90. The van der Waals surface area contributed by atoms with Crippen molar-refractivity contribution in [1.29, 1.82) is 0 Å². The van der Waals surface area contributed by atoms with E-state index in [1.165, 1.54) is 4.88 Å². The SMILES string of the molecule is CCCNC(c1ccc(Br)c(F)c1)c1nc(CC)c(C)s1. The summed E-state index contributed by atoms with van der Waals surface area (Å²) in [7, 11) is 0. The highest BCUT2D eigenvalue weighted by Gasteiger charge is 2.19. The molecular formula is C16H20BrFN2S. The van der Waals surface area contributed by atoms with E-state index in [2.05, 4.69) is 42.0 Å². The van der Waals surface area contributed by atoms with Gasteiger partial charge in [-0.15, -0.1) is 11.3 Å². The summed E-state index contributed by atoms with van der Waals surface area (Å²) in [4.78, 5) is 5.98. The Hall–Kier alpha value is -0.780. The lowest BCUT2D eigenvalue weighted by molar-refractivity contribution is 0.580. The molecule has 0 radical (unpaired) electrons. The second-order valence-corrected chi connectivity index (χ2v) is 7.06. The molecule has 1 N–H and O–H groups in total. The standard InChI is InChI=1S/C16H20BrFN2S/c1-4-8-19-15(11-6-7-12(17)13(18)9-11)16-20-14(5-2)10(3)21-16/h6-7,9,15,19H,4-5,8H2,1-3H3. The lowest BCUT2D eigenvalue weighted by Gasteiger charge is -2.17. The van der Waals surface area contributed by atoms with Gasteiger partial charge in [0.05, 0.1) is 16.2 Å². The number of thiazole rings is 1.